The molecule has 7 nitrogen and oxygen atoms in total. The molecule has 0 heterocycles. The number of nitrogens with two attached hydrogens (primary N) is 1. The van der Waals surface area contributed by atoms with Crippen LogP contribution in [-0.2, 0) is 21.4 Å². The van der Waals surface area contributed by atoms with Crippen molar-refractivity contribution in [2.24, 2.45) is 5.73 Å². The quantitative estimate of drug-likeness (QED) is 0.586. The third kappa shape index (κ3) is 5.28. The van der Waals surface area contributed by atoms with Crippen LogP contribution in [0.5, 0.6) is 0 Å². The molecule has 1 rings (SSSR count). The average Bonchev–Trinajstić information content (AvgIpc) is 2.53. The summed E-state index contributed by atoms with van der Waals surface area (Å²) >= 11 is 0. The molecule has 1 unspecified atom stereocenters. The van der Waals surface area contributed by atoms with E-state index in [9.17, 15) is 13.2 Å². The number of nitrogens with zero attached hydrogens (tertiary/aromatic N) is 1. The van der Waals surface area contributed by atoms with Crippen molar-refractivity contribution in [1.82, 2.24) is 9.62 Å². The summed E-state index contributed by atoms with van der Waals surface area (Å²) in [5, 5.41) is 11.6. The number of hydrogen-bond donors (Lipinski definition) is 3. The predicted molar refractivity (Wildman–Crippen MR) is 88.1 cm³/mol. The molecule has 0 aliphatic carbocycles. The number of rotatable bonds is 9. The molecule has 0 aromatic heterocycles. The summed E-state index contributed by atoms with van der Waals surface area (Å²) in [7, 11) is -2.32. The lowest BCUT2D eigenvalue weighted by Gasteiger charge is -2.19. The van der Waals surface area contributed by atoms with Crippen LogP contribution >= 0.6 is 0 Å². The Bertz CT molecular complexity index is 619. The molecular formula is C15H25N3O4S. The van der Waals surface area contributed by atoms with Crippen molar-refractivity contribution in [2.75, 3.05) is 20.2 Å². The number of aliphatic hydroxyl groups is 1. The Hall–Kier alpha value is -1.48. The van der Waals surface area contributed by atoms with E-state index in [0.29, 0.717) is 12.0 Å². The summed E-state index contributed by atoms with van der Waals surface area (Å²) in [6, 6.07) is 5.86. The summed E-state index contributed by atoms with van der Waals surface area (Å²) in [6.07, 6.45) is 1.37. The van der Waals surface area contributed by atoms with Gasteiger partial charge in [-0.2, -0.15) is 4.31 Å². The molecule has 1 atom stereocenters. The SMILES string of the molecule is CCCC(N)C(=O)NCc1ccccc1S(=O)(=O)N(C)CCO. The Morgan fingerprint density at radius 1 is 1.39 bits per heavy atom. The average molecular weight is 343 g/mol. The van der Waals surface area contributed by atoms with Crippen LogP contribution in [0.25, 0.3) is 0 Å². The summed E-state index contributed by atoms with van der Waals surface area (Å²) in [4.78, 5) is 12.0. The van der Waals surface area contributed by atoms with Crippen LogP contribution in [0.3, 0.4) is 0 Å². The zero-order chi connectivity index (χ0) is 17.5. The van der Waals surface area contributed by atoms with E-state index in [1.54, 1.807) is 18.2 Å². The molecule has 130 valence electrons. The van der Waals surface area contributed by atoms with Gasteiger partial charge in [0.05, 0.1) is 17.5 Å². The third-order valence-corrected chi connectivity index (χ3v) is 5.42. The van der Waals surface area contributed by atoms with Gasteiger partial charge in [-0.05, 0) is 18.1 Å². The Morgan fingerprint density at radius 3 is 2.65 bits per heavy atom. The van der Waals surface area contributed by atoms with Crippen LogP contribution in [0.1, 0.15) is 25.3 Å². The number of carbonyl (C=O) groups excluding carboxylic acids is 1. The zero-order valence-corrected chi connectivity index (χ0v) is 14.3. The van der Waals surface area contributed by atoms with Crippen LogP contribution in [0.4, 0.5) is 0 Å². The minimum Gasteiger partial charge on any atom is -0.395 e. The second-order valence-electron chi connectivity index (χ2n) is 5.27. The van der Waals surface area contributed by atoms with E-state index < -0.39 is 16.1 Å². The highest BCUT2D eigenvalue weighted by Crippen LogP contribution is 2.19. The molecule has 23 heavy (non-hydrogen) atoms. The van der Waals surface area contributed by atoms with Crippen LogP contribution in [0.15, 0.2) is 29.2 Å². The molecule has 0 radical (unpaired) electrons. The van der Waals surface area contributed by atoms with E-state index in [2.05, 4.69) is 5.32 Å². The normalized spacial score (nSPS) is 13.1. The summed E-state index contributed by atoms with van der Waals surface area (Å²) in [6.45, 7) is 1.76. The monoisotopic (exact) mass is 343 g/mol. The lowest BCUT2D eigenvalue weighted by molar-refractivity contribution is -0.122. The van der Waals surface area contributed by atoms with Crippen molar-refractivity contribution < 1.29 is 18.3 Å². The summed E-state index contributed by atoms with van der Waals surface area (Å²) < 4.78 is 26.1. The lowest BCUT2D eigenvalue weighted by Crippen LogP contribution is -2.40. The minimum absolute atomic E-state index is 0.00437. The number of likely N-dealkylation sites (N-methyl/N-ethyl adjacent to an activating group) is 1. The van der Waals surface area contributed by atoms with Crippen molar-refractivity contribution in [3.8, 4) is 0 Å². The fourth-order valence-corrected chi connectivity index (χ4v) is 3.47. The molecule has 0 aliphatic heterocycles. The number of sulfonamides is 1. The topological polar surface area (TPSA) is 113 Å². The van der Waals surface area contributed by atoms with Gasteiger partial charge in [0.2, 0.25) is 15.9 Å². The van der Waals surface area contributed by atoms with Gasteiger partial charge >= 0.3 is 0 Å². The molecule has 0 bridgehead atoms. The van der Waals surface area contributed by atoms with Crippen LogP contribution in [0.2, 0.25) is 0 Å². The molecule has 0 saturated carbocycles. The zero-order valence-electron chi connectivity index (χ0n) is 13.5. The molecule has 4 N–H and O–H groups in total. The van der Waals surface area contributed by atoms with Crippen LogP contribution in [-0.4, -0.2) is 50.0 Å². The highest BCUT2D eigenvalue weighted by molar-refractivity contribution is 7.89. The van der Waals surface area contributed by atoms with Crippen molar-refractivity contribution in [3.05, 3.63) is 29.8 Å². The number of hydrogen-bond acceptors (Lipinski definition) is 5. The first kappa shape index (κ1) is 19.6. The Balaban J connectivity index is 2.92. The van der Waals surface area contributed by atoms with Gasteiger partial charge < -0.3 is 16.2 Å². The van der Waals surface area contributed by atoms with E-state index in [0.717, 1.165) is 10.7 Å². The smallest absolute Gasteiger partial charge is 0.243 e. The number of carbonyl (C=O) groups is 1. The molecule has 0 fully saturated rings. The van der Waals surface area contributed by atoms with Gasteiger partial charge in [-0.3, -0.25) is 4.79 Å². The molecular weight excluding hydrogens is 318 g/mol. The highest BCUT2D eigenvalue weighted by atomic mass is 32.2. The lowest BCUT2D eigenvalue weighted by atomic mass is 10.1. The maximum atomic E-state index is 12.5. The Morgan fingerprint density at radius 2 is 2.04 bits per heavy atom. The van der Waals surface area contributed by atoms with Crippen LogP contribution in [0, 0.1) is 0 Å². The van der Waals surface area contributed by atoms with E-state index >= 15 is 0 Å². The number of amides is 1. The van der Waals surface area contributed by atoms with Crippen molar-refractivity contribution >= 4 is 15.9 Å². The summed E-state index contributed by atoms with van der Waals surface area (Å²) in [5.74, 6) is -0.303. The maximum Gasteiger partial charge on any atom is 0.243 e. The van der Waals surface area contributed by atoms with Gasteiger partial charge in [0.1, 0.15) is 0 Å². The van der Waals surface area contributed by atoms with Gasteiger partial charge in [0, 0.05) is 20.1 Å². The first-order chi connectivity index (χ1) is 10.8. The number of aliphatic hydroxyl groups excluding tert-OH is 1. The first-order valence-corrected chi connectivity index (χ1v) is 8.97. The largest absolute Gasteiger partial charge is 0.395 e. The van der Waals surface area contributed by atoms with Gasteiger partial charge in [-0.15, -0.1) is 0 Å². The van der Waals surface area contributed by atoms with Crippen molar-refractivity contribution in [3.63, 3.8) is 0 Å². The molecule has 1 amide bonds. The molecule has 1 aromatic rings. The van der Waals surface area contributed by atoms with Gasteiger partial charge in [0.25, 0.3) is 0 Å². The number of benzene rings is 1. The minimum atomic E-state index is -3.72. The number of nitrogens with one attached hydrogen (secondary N) is 1. The predicted octanol–water partition coefficient (Wildman–Crippen LogP) is 0.0430. The first-order valence-electron chi connectivity index (χ1n) is 7.53. The molecule has 0 spiro atoms. The van der Waals surface area contributed by atoms with Gasteiger partial charge in [-0.25, -0.2) is 8.42 Å². The fraction of sp³-hybridized carbons (Fsp3) is 0.533. The highest BCUT2D eigenvalue weighted by Gasteiger charge is 2.23. The van der Waals surface area contributed by atoms with E-state index in [4.69, 9.17) is 10.8 Å². The van der Waals surface area contributed by atoms with Gasteiger partial charge in [0.15, 0.2) is 0 Å². The summed E-state index contributed by atoms with van der Waals surface area (Å²) in [5.41, 5.74) is 6.22. The van der Waals surface area contributed by atoms with Crippen molar-refractivity contribution in [2.45, 2.75) is 37.2 Å². The molecule has 0 aliphatic rings. The maximum absolute atomic E-state index is 12.5. The van der Waals surface area contributed by atoms with E-state index in [-0.39, 0.29) is 30.5 Å². The molecule has 8 heteroatoms. The molecule has 1 aromatic carbocycles. The fourth-order valence-electron chi connectivity index (χ4n) is 2.09. The Labute approximate surface area is 137 Å². The standard InChI is InChI=1S/C15H25N3O4S/c1-3-6-13(16)15(20)17-11-12-7-4-5-8-14(12)23(21,22)18(2)9-10-19/h4-5,7-8,13,19H,3,6,9-11,16H2,1-2H3,(H,17,20). The molecule has 0 saturated heterocycles. The second-order valence-corrected chi connectivity index (χ2v) is 7.28. The van der Waals surface area contributed by atoms with Crippen molar-refractivity contribution in [1.29, 1.82) is 0 Å². The van der Waals surface area contributed by atoms with E-state index in [1.165, 1.54) is 13.1 Å². The van der Waals surface area contributed by atoms with E-state index in [1.807, 2.05) is 6.92 Å². The van der Waals surface area contributed by atoms with Gasteiger partial charge in [-0.1, -0.05) is 31.5 Å². The Kier molecular flexibility index (Phi) is 7.63. The van der Waals surface area contributed by atoms with Crippen LogP contribution < -0.4 is 11.1 Å². The second kappa shape index (κ2) is 8.97. The third-order valence-electron chi connectivity index (χ3n) is 3.47.